The molecule has 8 heteroatoms. The molecule has 3 aromatic rings. The van der Waals surface area contributed by atoms with Crippen molar-refractivity contribution in [3.8, 4) is 0 Å². The largest absolute Gasteiger partial charge is 0.545 e. The van der Waals surface area contributed by atoms with Crippen LogP contribution in [0.25, 0.3) is 0 Å². The van der Waals surface area contributed by atoms with Crippen LogP contribution < -0.4 is 10.5 Å². The van der Waals surface area contributed by atoms with Crippen molar-refractivity contribution in [2.24, 2.45) is 5.10 Å². The fourth-order valence-corrected chi connectivity index (χ4v) is 3.58. The Morgan fingerprint density at radius 2 is 1.73 bits per heavy atom. The SMILES string of the molecule is Cc1cc(C)nc(SCc2ccc(C(=O)N/N=C\c3ccccc3C(=O)[O-])cc2)n1. The number of aryl methyl sites for hydroxylation is 2. The number of benzene rings is 2. The van der Waals surface area contributed by atoms with Crippen molar-refractivity contribution in [3.05, 3.63) is 88.2 Å². The molecule has 152 valence electrons. The van der Waals surface area contributed by atoms with Gasteiger partial charge < -0.3 is 9.90 Å². The third-order valence-corrected chi connectivity index (χ3v) is 5.01. The van der Waals surface area contributed by atoms with Gasteiger partial charge in [-0.2, -0.15) is 5.10 Å². The van der Waals surface area contributed by atoms with Crippen molar-refractivity contribution in [3.63, 3.8) is 0 Å². The molecule has 0 bridgehead atoms. The van der Waals surface area contributed by atoms with E-state index in [1.165, 1.54) is 24.0 Å². The molecule has 0 aliphatic heterocycles. The molecule has 1 amide bonds. The predicted octanol–water partition coefficient (Wildman–Crippen LogP) is 2.51. The van der Waals surface area contributed by atoms with E-state index in [2.05, 4.69) is 20.5 Å². The molecule has 1 heterocycles. The van der Waals surface area contributed by atoms with Crippen LogP contribution in [-0.2, 0) is 5.75 Å². The minimum atomic E-state index is -1.30. The predicted molar refractivity (Wildman–Crippen MR) is 113 cm³/mol. The van der Waals surface area contributed by atoms with Gasteiger partial charge in [-0.15, -0.1) is 0 Å². The monoisotopic (exact) mass is 419 g/mol. The summed E-state index contributed by atoms with van der Waals surface area (Å²) in [6.07, 6.45) is 1.28. The van der Waals surface area contributed by atoms with Gasteiger partial charge in [0.2, 0.25) is 0 Å². The van der Waals surface area contributed by atoms with Gasteiger partial charge >= 0.3 is 0 Å². The van der Waals surface area contributed by atoms with Gasteiger partial charge in [0.05, 0.1) is 12.2 Å². The first-order valence-electron chi connectivity index (χ1n) is 9.10. The van der Waals surface area contributed by atoms with Crippen LogP contribution in [0.2, 0.25) is 0 Å². The second kappa shape index (κ2) is 9.80. The molecular weight excluding hydrogens is 400 g/mol. The molecule has 0 atom stereocenters. The zero-order chi connectivity index (χ0) is 21.5. The minimum absolute atomic E-state index is 0.00475. The van der Waals surface area contributed by atoms with E-state index in [4.69, 9.17) is 0 Å². The summed E-state index contributed by atoms with van der Waals surface area (Å²) in [4.78, 5) is 32.1. The van der Waals surface area contributed by atoms with Gasteiger partial charge in [-0.05, 0) is 37.6 Å². The third-order valence-electron chi connectivity index (χ3n) is 4.10. The fourth-order valence-electron chi connectivity index (χ4n) is 2.68. The van der Waals surface area contributed by atoms with Crippen LogP contribution >= 0.6 is 11.8 Å². The van der Waals surface area contributed by atoms with E-state index in [9.17, 15) is 14.7 Å². The lowest BCUT2D eigenvalue weighted by atomic mass is 10.1. The highest BCUT2D eigenvalue weighted by Crippen LogP contribution is 2.20. The summed E-state index contributed by atoms with van der Waals surface area (Å²) < 4.78 is 0. The summed E-state index contributed by atoms with van der Waals surface area (Å²) in [5, 5.41) is 15.6. The standard InChI is InChI=1S/C22H20N4O3S/c1-14-11-15(2)25-22(24-14)30-13-16-7-9-17(10-8-16)20(27)26-23-12-18-5-3-4-6-19(18)21(28)29/h3-12H,13H2,1-2H3,(H,26,27)(H,28,29)/p-1/b23-12-. The highest BCUT2D eigenvalue weighted by atomic mass is 32.2. The Balaban J connectivity index is 1.58. The van der Waals surface area contributed by atoms with Gasteiger partial charge in [0.25, 0.3) is 5.91 Å². The average molecular weight is 419 g/mol. The van der Waals surface area contributed by atoms with Crippen LogP contribution in [0.4, 0.5) is 0 Å². The molecule has 0 radical (unpaired) electrons. The molecule has 2 aromatic carbocycles. The van der Waals surface area contributed by atoms with E-state index in [0.717, 1.165) is 22.1 Å². The van der Waals surface area contributed by atoms with Crippen LogP contribution in [0.3, 0.4) is 0 Å². The van der Waals surface area contributed by atoms with E-state index < -0.39 is 11.9 Å². The Labute approximate surface area is 178 Å². The van der Waals surface area contributed by atoms with Gasteiger partial charge in [0.15, 0.2) is 5.16 Å². The molecular formula is C22H19N4O3S-. The number of rotatable bonds is 7. The number of hydrogen-bond donors (Lipinski definition) is 1. The van der Waals surface area contributed by atoms with E-state index in [1.54, 1.807) is 30.3 Å². The molecule has 0 saturated carbocycles. The van der Waals surface area contributed by atoms with Gasteiger partial charge in [0.1, 0.15) is 0 Å². The molecule has 1 N–H and O–H groups in total. The Hall–Kier alpha value is -3.52. The van der Waals surface area contributed by atoms with Crippen molar-refractivity contribution in [2.75, 3.05) is 0 Å². The highest BCUT2D eigenvalue weighted by molar-refractivity contribution is 7.98. The van der Waals surface area contributed by atoms with Gasteiger partial charge in [-0.1, -0.05) is 48.2 Å². The number of carboxylic acid groups (broad SMARTS) is 1. The zero-order valence-electron chi connectivity index (χ0n) is 16.5. The summed E-state index contributed by atoms with van der Waals surface area (Å²) in [6, 6.07) is 15.3. The Kier molecular flexibility index (Phi) is 6.92. The van der Waals surface area contributed by atoms with Crippen molar-refractivity contribution < 1.29 is 14.7 Å². The number of carbonyl (C=O) groups is 2. The molecule has 0 aliphatic rings. The Bertz CT molecular complexity index is 1080. The molecule has 0 spiro atoms. The topological polar surface area (TPSA) is 107 Å². The third kappa shape index (κ3) is 5.74. The first-order valence-corrected chi connectivity index (χ1v) is 10.1. The molecule has 0 unspecified atom stereocenters. The smallest absolute Gasteiger partial charge is 0.271 e. The van der Waals surface area contributed by atoms with Crippen LogP contribution in [0.1, 0.15) is 43.2 Å². The average Bonchev–Trinajstić information content (AvgIpc) is 2.72. The summed E-state index contributed by atoms with van der Waals surface area (Å²) in [5.41, 5.74) is 6.08. The molecule has 0 fully saturated rings. The number of nitrogens with zero attached hydrogens (tertiary/aromatic N) is 3. The molecule has 1 aromatic heterocycles. The molecule has 7 nitrogen and oxygen atoms in total. The van der Waals surface area contributed by atoms with Gasteiger partial charge in [0, 0.05) is 33.8 Å². The van der Waals surface area contributed by atoms with E-state index in [1.807, 2.05) is 32.0 Å². The summed E-state index contributed by atoms with van der Waals surface area (Å²) in [7, 11) is 0. The van der Waals surface area contributed by atoms with E-state index >= 15 is 0 Å². The van der Waals surface area contributed by atoms with Crippen LogP contribution in [0.5, 0.6) is 0 Å². The number of amides is 1. The zero-order valence-corrected chi connectivity index (χ0v) is 17.3. The number of aromatic carboxylic acids is 1. The second-order valence-corrected chi connectivity index (χ2v) is 7.44. The van der Waals surface area contributed by atoms with Crippen molar-refractivity contribution >= 4 is 29.9 Å². The Morgan fingerprint density at radius 3 is 2.40 bits per heavy atom. The maximum absolute atomic E-state index is 12.2. The molecule has 30 heavy (non-hydrogen) atoms. The van der Waals surface area contributed by atoms with Gasteiger partial charge in [-0.3, -0.25) is 4.79 Å². The number of carboxylic acids is 1. The number of hydrogen-bond acceptors (Lipinski definition) is 7. The lowest BCUT2D eigenvalue weighted by molar-refractivity contribution is -0.255. The number of hydrazone groups is 1. The van der Waals surface area contributed by atoms with E-state index in [-0.39, 0.29) is 5.56 Å². The second-order valence-electron chi connectivity index (χ2n) is 6.49. The number of aromatic nitrogens is 2. The van der Waals surface area contributed by atoms with Crippen LogP contribution in [0.15, 0.2) is 64.9 Å². The normalized spacial score (nSPS) is 10.9. The summed E-state index contributed by atoms with van der Waals surface area (Å²) in [5.74, 6) is -1.01. The highest BCUT2D eigenvalue weighted by Gasteiger charge is 2.06. The summed E-state index contributed by atoms with van der Waals surface area (Å²) >= 11 is 1.53. The van der Waals surface area contributed by atoms with E-state index in [0.29, 0.717) is 16.9 Å². The van der Waals surface area contributed by atoms with Crippen LogP contribution in [-0.4, -0.2) is 28.1 Å². The minimum Gasteiger partial charge on any atom is -0.545 e. The van der Waals surface area contributed by atoms with Crippen LogP contribution in [0, 0.1) is 13.8 Å². The fraction of sp³-hybridized carbons (Fsp3) is 0.136. The Morgan fingerprint density at radius 1 is 1.07 bits per heavy atom. The number of carbonyl (C=O) groups excluding carboxylic acids is 2. The quantitative estimate of drug-likeness (QED) is 0.273. The molecule has 0 aliphatic carbocycles. The molecule has 3 rings (SSSR count). The van der Waals surface area contributed by atoms with Crippen molar-refractivity contribution in [2.45, 2.75) is 24.8 Å². The van der Waals surface area contributed by atoms with Gasteiger partial charge in [-0.25, -0.2) is 15.4 Å². The lowest BCUT2D eigenvalue weighted by Gasteiger charge is -2.06. The maximum Gasteiger partial charge on any atom is 0.271 e. The number of thioether (sulfide) groups is 1. The molecule has 0 saturated heterocycles. The van der Waals surface area contributed by atoms with Crippen molar-refractivity contribution in [1.82, 2.24) is 15.4 Å². The first-order chi connectivity index (χ1) is 14.4. The first kappa shape index (κ1) is 21.2. The summed E-state index contributed by atoms with van der Waals surface area (Å²) in [6.45, 7) is 3.87. The maximum atomic E-state index is 12.2. The van der Waals surface area contributed by atoms with Crippen molar-refractivity contribution in [1.29, 1.82) is 0 Å². The lowest BCUT2D eigenvalue weighted by Crippen LogP contribution is -2.24. The number of nitrogens with one attached hydrogen (secondary N) is 1.